The summed E-state index contributed by atoms with van der Waals surface area (Å²) in [6.07, 6.45) is 2.15. The SMILES string of the molecule is CCCC(C)NC(=O)C(C)(C)N1CCNCC1. The first-order valence-electron chi connectivity index (χ1n) is 6.75. The normalized spacial score (nSPS) is 20.0. The van der Waals surface area contributed by atoms with Crippen molar-refractivity contribution >= 4 is 5.91 Å². The van der Waals surface area contributed by atoms with Gasteiger partial charge in [0.25, 0.3) is 0 Å². The first-order chi connectivity index (χ1) is 7.98. The number of rotatable bonds is 5. The van der Waals surface area contributed by atoms with E-state index >= 15 is 0 Å². The highest BCUT2D eigenvalue weighted by molar-refractivity contribution is 5.85. The van der Waals surface area contributed by atoms with Crippen molar-refractivity contribution in [2.75, 3.05) is 26.2 Å². The molecule has 1 atom stereocenters. The lowest BCUT2D eigenvalue weighted by Gasteiger charge is -2.40. The maximum Gasteiger partial charge on any atom is 0.240 e. The van der Waals surface area contributed by atoms with E-state index in [-0.39, 0.29) is 11.9 Å². The second-order valence-electron chi connectivity index (χ2n) is 5.46. The summed E-state index contributed by atoms with van der Waals surface area (Å²) >= 11 is 0. The van der Waals surface area contributed by atoms with Crippen molar-refractivity contribution in [1.29, 1.82) is 0 Å². The van der Waals surface area contributed by atoms with E-state index in [1.165, 1.54) is 0 Å². The molecule has 1 amide bonds. The van der Waals surface area contributed by atoms with Crippen LogP contribution in [0.4, 0.5) is 0 Å². The molecule has 1 fully saturated rings. The zero-order valence-corrected chi connectivity index (χ0v) is 11.7. The van der Waals surface area contributed by atoms with Crippen LogP contribution >= 0.6 is 0 Å². The Balaban J connectivity index is 2.52. The largest absolute Gasteiger partial charge is 0.352 e. The molecule has 0 aromatic carbocycles. The van der Waals surface area contributed by atoms with Crippen molar-refractivity contribution in [3.05, 3.63) is 0 Å². The van der Waals surface area contributed by atoms with Gasteiger partial charge in [0.1, 0.15) is 0 Å². The van der Waals surface area contributed by atoms with Gasteiger partial charge in [0.15, 0.2) is 0 Å². The summed E-state index contributed by atoms with van der Waals surface area (Å²) in [4.78, 5) is 14.5. The van der Waals surface area contributed by atoms with Gasteiger partial charge in [-0.15, -0.1) is 0 Å². The number of piperazine rings is 1. The first-order valence-corrected chi connectivity index (χ1v) is 6.75. The van der Waals surface area contributed by atoms with E-state index in [1.54, 1.807) is 0 Å². The van der Waals surface area contributed by atoms with Crippen LogP contribution in [-0.2, 0) is 4.79 Å². The molecule has 4 nitrogen and oxygen atoms in total. The quantitative estimate of drug-likeness (QED) is 0.754. The molecule has 2 N–H and O–H groups in total. The Hall–Kier alpha value is -0.610. The van der Waals surface area contributed by atoms with Crippen LogP contribution in [0, 0.1) is 0 Å². The van der Waals surface area contributed by atoms with Crippen molar-refractivity contribution in [2.24, 2.45) is 0 Å². The minimum atomic E-state index is -0.399. The van der Waals surface area contributed by atoms with Gasteiger partial charge in [-0.1, -0.05) is 13.3 Å². The Morgan fingerprint density at radius 1 is 1.41 bits per heavy atom. The summed E-state index contributed by atoms with van der Waals surface area (Å²) in [5.41, 5.74) is -0.399. The standard InChI is InChI=1S/C13H27N3O/c1-5-6-11(2)15-12(17)13(3,4)16-9-7-14-8-10-16/h11,14H,5-10H2,1-4H3,(H,15,17). The second-order valence-corrected chi connectivity index (χ2v) is 5.46. The average molecular weight is 241 g/mol. The average Bonchev–Trinajstić information content (AvgIpc) is 2.30. The molecule has 1 unspecified atom stereocenters. The molecular formula is C13H27N3O. The molecule has 0 saturated carbocycles. The van der Waals surface area contributed by atoms with E-state index in [9.17, 15) is 4.79 Å². The van der Waals surface area contributed by atoms with Crippen LogP contribution in [0.5, 0.6) is 0 Å². The lowest BCUT2D eigenvalue weighted by atomic mass is 9.99. The fourth-order valence-electron chi connectivity index (χ4n) is 2.27. The summed E-state index contributed by atoms with van der Waals surface area (Å²) in [6.45, 7) is 12.1. The molecule has 0 aromatic heterocycles. The van der Waals surface area contributed by atoms with Crippen LogP contribution < -0.4 is 10.6 Å². The molecule has 0 spiro atoms. The molecule has 0 bridgehead atoms. The Morgan fingerprint density at radius 3 is 2.53 bits per heavy atom. The monoisotopic (exact) mass is 241 g/mol. The van der Waals surface area contributed by atoms with Crippen molar-refractivity contribution in [1.82, 2.24) is 15.5 Å². The van der Waals surface area contributed by atoms with Gasteiger partial charge in [-0.05, 0) is 27.2 Å². The topological polar surface area (TPSA) is 44.4 Å². The minimum Gasteiger partial charge on any atom is -0.352 e. The van der Waals surface area contributed by atoms with Gasteiger partial charge < -0.3 is 10.6 Å². The molecule has 4 heteroatoms. The lowest BCUT2D eigenvalue weighted by Crippen LogP contribution is -2.60. The third-order valence-corrected chi connectivity index (χ3v) is 3.56. The molecule has 0 aromatic rings. The summed E-state index contributed by atoms with van der Waals surface area (Å²) in [5.74, 6) is 0.153. The third kappa shape index (κ3) is 3.96. The van der Waals surface area contributed by atoms with Crippen molar-refractivity contribution in [2.45, 2.75) is 52.1 Å². The lowest BCUT2D eigenvalue weighted by molar-refractivity contribution is -0.132. The van der Waals surface area contributed by atoms with Gasteiger partial charge in [0.05, 0.1) is 5.54 Å². The number of nitrogens with zero attached hydrogens (tertiary/aromatic N) is 1. The number of hydrogen-bond acceptors (Lipinski definition) is 3. The molecular weight excluding hydrogens is 214 g/mol. The van der Waals surface area contributed by atoms with E-state index < -0.39 is 5.54 Å². The molecule has 17 heavy (non-hydrogen) atoms. The van der Waals surface area contributed by atoms with E-state index in [1.807, 2.05) is 13.8 Å². The smallest absolute Gasteiger partial charge is 0.240 e. The van der Waals surface area contributed by atoms with Crippen molar-refractivity contribution in [3.8, 4) is 0 Å². The molecule has 1 aliphatic rings. The summed E-state index contributed by atoms with van der Waals surface area (Å²) in [5, 5.41) is 6.43. The summed E-state index contributed by atoms with van der Waals surface area (Å²) in [7, 11) is 0. The Morgan fingerprint density at radius 2 is 2.00 bits per heavy atom. The van der Waals surface area contributed by atoms with Gasteiger partial charge >= 0.3 is 0 Å². The van der Waals surface area contributed by atoms with Gasteiger partial charge in [0.2, 0.25) is 5.91 Å². The van der Waals surface area contributed by atoms with E-state index in [2.05, 4.69) is 29.4 Å². The van der Waals surface area contributed by atoms with Gasteiger partial charge in [-0.25, -0.2) is 0 Å². The number of hydrogen-bond donors (Lipinski definition) is 2. The number of carbonyl (C=O) groups is 1. The highest BCUT2D eigenvalue weighted by Crippen LogP contribution is 2.15. The Kier molecular flexibility index (Phi) is 5.40. The predicted octanol–water partition coefficient (Wildman–Crippen LogP) is 0.975. The van der Waals surface area contributed by atoms with Gasteiger partial charge in [-0.2, -0.15) is 0 Å². The minimum absolute atomic E-state index is 0.153. The summed E-state index contributed by atoms with van der Waals surface area (Å²) in [6, 6.07) is 0.273. The Bertz CT molecular complexity index is 247. The molecule has 100 valence electrons. The van der Waals surface area contributed by atoms with Crippen molar-refractivity contribution in [3.63, 3.8) is 0 Å². The van der Waals surface area contributed by atoms with Crippen LogP contribution in [-0.4, -0.2) is 48.6 Å². The second kappa shape index (κ2) is 6.36. The highest BCUT2D eigenvalue weighted by atomic mass is 16.2. The zero-order valence-electron chi connectivity index (χ0n) is 11.7. The fraction of sp³-hybridized carbons (Fsp3) is 0.923. The van der Waals surface area contributed by atoms with Crippen molar-refractivity contribution < 1.29 is 4.79 Å². The predicted molar refractivity (Wildman–Crippen MR) is 71.0 cm³/mol. The molecule has 1 rings (SSSR count). The maximum absolute atomic E-state index is 12.3. The zero-order chi connectivity index (χ0) is 12.9. The molecule has 0 radical (unpaired) electrons. The molecule has 0 aliphatic carbocycles. The van der Waals surface area contributed by atoms with Crippen LogP contribution in [0.1, 0.15) is 40.5 Å². The highest BCUT2D eigenvalue weighted by Gasteiger charge is 2.35. The molecule has 1 aliphatic heterocycles. The number of carbonyl (C=O) groups excluding carboxylic acids is 1. The van der Waals surface area contributed by atoms with E-state index in [0.29, 0.717) is 0 Å². The molecule has 1 heterocycles. The van der Waals surface area contributed by atoms with E-state index in [0.717, 1.165) is 39.0 Å². The molecule has 1 saturated heterocycles. The van der Waals surface area contributed by atoms with Crippen LogP contribution in [0.15, 0.2) is 0 Å². The van der Waals surface area contributed by atoms with Gasteiger partial charge in [0, 0.05) is 32.2 Å². The van der Waals surface area contributed by atoms with Crippen LogP contribution in [0.25, 0.3) is 0 Å². The fourth-order valence-corrected chi connectivity index (χ4v) is 2.27. The van der Waals surface area contributed by atoms with Crippen LogP contribution in [0.2, 0.25) is 0 Å². The van der Waals surface area contributed by atoms with Gasteiger partial charge in [-0.3, -0.25) is 9.69 Å². The third-order valence-electron chi connectivity index (χ3n) is 3.56. The van der Waals surface area contributed by atoms with Crippen LogP contribution in [0.3, 0.4) is 0 Å². The number of nitrogens with one attached hydrogen (secondary N) is 2. The maximum atomic E-state index is 12.3. The number of amides is 1. The van der Waals surface area contributed by atoms with E-state index in [4.69, 9.17) is 0 Å². The Labute approximate surface area is 105 Å². The summed E-state index contributed by atoms with van der Waals surface area (Å²) < 4.78 is 0. The first kappa shape index (κ1) is 14.5.